The smallest absolute Gasteiger partial charge is 0.255 e. The van der Waals surface area contributed by atoms with Crippen LogP contribution in [0.1, 0.15) is 10.4 Å². The normalized spacial score (nSPS) is 17.3. The first kappa shape index (κ1) is 11.8. The minimum absolute atomic E-state index is 0.0643. The largest absolute Gasteiger partial charge is 0.507 e. The van der Waals surface area contributed by atoms with Crippen LogP contribution < -0.4 is 10.6 Å². The quantitative estimate of drug-likeness (QED) is 0.579. The van der Waals surface area contributed by atoms with Crippen molar-refractivity contribution >= 4 is 5.91 Å². The first-order valence-corrected chi connectivity index (χ1v) is 5.20. The number of hydrogen-bond donors (Lipinski definition) is 4. The van der Waals surface area contributed by atoms with Gasteiger partial charge in [0.05, 0.1) is 5.56 Å². The van der Waals surface area contributed by atoms with Gasteiger partial charge < -0.3 is 20.8 Å². The highest BCUT2D eigenvalue weighted by atomic mass is 19.1. The van der Waals surface area contributed by atoms with Gasteiger partial charge in [-0.25, -0.2) is 4.39 Å². The molecule has 0 spiro atoms. The van der Waals surface area contributed by atoms with Crippen LogP contribution in [0.5, 0.6) is 5.75 Å². The van der Waals surface area contributed by atoms with Gasteiger partial charge in [-0.15, -0.1) is 0 Å². The number of halogens is 1. The number of β-amino-alcohol motifs (C(OH)–C–C–N with tert-alkyl or cyclic N) is 1. The minimum atomic E-state index is -0.946. The lowest BCUT2D eigenvalue weighted by Crippen LogP contribution is -2.64. The van der Waals surface area contributed by atoms with Gasteiger partial charge in [0.15, 0.2) is 0 Å². The van der Waals surface area contributed by atoms with Crippen molar-refractivity contribution in [3.8, 4) is 5.75 Å². The Morgan fingerprint density at radius 1 is 1.53 bits per heavy atom. The zero-order valence-electron chi connectivity index (χ0n) is 9.03. The maximum absolute atomic E-state index is 12.9. The summed E-state index contributed by atoms with van der Waals surface area (Å²) in [6.45, 7) is 0.875. The van der Waals surface area contributed by atoms with Crippen LogP contribution in [0.4, 0.5) is 4.39 Å². The van der Waals surface area contributed by atoms with Gasteiger partial charge in [0.2, 0.25) is 0 Å². The fourth-order valence-electron chi connectivity index (χ4n) is 1.57. The summed E-state index contributed by atoms with van der Waals surface area (Å²) in [5, 5.41) is 24.4. The minimum Gasteiger partial charge on any atom is -0.507 e. The third-order valence-corrected chi connectivity index (χ3v) is 2.69. The summed E-state index contributed by atoms with van der Waals surface area (Å²) in [7, 11) is 0. The van der Waals surface area contributed by atoms with E-state index in [9.17, 15) is 19.4 Å². The number of aromatic hydroxyl groups is 1. The van der Waals surface area contributed by atoms with Crippen molar-refractivity contribution in [1.82, 2.24) is 10.6 Å². The Morgan fingerprint density at radius 3 is 2.82 bits per heavy atom. The molecule has 1 aromatic carbocycles. The average Bonchev–Trinajstić information content (AvgIpc) is 2.26. The molecule has 0 atom stereocenters. The standard InChI is InChI=1S/C11H13FN2O3/c12-7-1-2-9(15)8(3-7)10(16)14-6-11(17)4-13-5-11/h1-3,13,15,17H,4-6H2,(H,14,16). The van der Waals surface area contributed by atoms with Crippen LogP contribution in [0, 0.1) is 5.82 Å². The Bertz CT molecular complexity index is 446. The van der Waals surface area contributed by atoms with Gasteiger partial charge in [0, 0.05) is 19.6 Å². The summed E-state index contributed by atoms with van der Waals surface area (Å²) in [5.74, 6) is -1.50. The van der Waals surface area contributed by atoms with Crippen LogP contribution in [0.3, 0.4) is 0 Å². The van der Waals surface area contributed by atoms with E-state index in [2.05, 4.69) is 10.6 Å². The molecule has 92 valence electrons. The Balaban J connectivity index is 2.01. The monoisotopic (exact) mass is 240 g/mol. The van der Waals surface area contributed by atoms with Crippen molar-refractivity contribution in [1.29, 1.82) is 0 Å². The lowest BCUT2D eigenvalue weighted by atomic mass is 9.97. The first-order valence-electron chi connectivity index (χ1n) is 5.20. The summed E-state index contributed by atoms with van der Waals surface area (Å²) < 4.78 is 12.9. The molecule has 2 rings (SSSR count). The zero-order chi connectivity index (χ0) is 12.5. The van der Waals surface area contributed by atoms with Crippen molar-refractivity contribution < 1.29 is 19.4 Å². The number of nitrogens with one attached hydrogen (secondary N) is 2. The molecule has 1 aliphatic heterocycles. The Morgan fingerprint density at radius 2 is 2.24 bits per heavy atom. The van der Waals surface area contributed by atoms with Gasteiger partial charge in [0.25, 0.3) is 5.91 Å². The van der Waals surface area contributed by atoms with Crippen molar-refractivity contribution in [3.05, 3.63) is 29.6 Å². The number of phenolic OH excluding ortho intramolecular Hbond substituents is 1. The van der Waals surface area contributed by atoms with Crippen molar-refractivity contribution in [3.63, 3.8) is 0 Å². The first-order chi connectivity index (χ1) is 8.00. The zero-order valence-corrected chi connectivity index (χ0v) is 9.03. The number of benzene rings is 1. The van der Waals surface area contributed by atoms with Crippen molar-refractivity contribution in [2.45, 2.75) is 5.60 Å². The molecular formula is C11H13FN2O3. The van der Waals surface area contributed by atoms with E-state index in [0.29, 0.717) is 13.1 Å². The molecule has 1 amide bonds. The molecule has 4 N–H and O–H groups in total. The maximum Gasteiger partial charge on any atom is 0.255 e. The van der Waals surface area contributed by atoms with E-state index in [0.717, 1.165) is 18.2 Å². The van der Waals surface area contributed by atoms with Crippen LogP contribution in [-0.2, 0) is 0 Å². The van der Waals surface area contributed by atoms with Crippen LogP contribution in [0.25, 0.3) is 0 Å². The molecule has 1 fully saturated rings. The van der Waals surface area contributed by atoms with Gasteiger partial charge in [0.1, 0.15) is 17.2 Å². The van der Waals surface area contributed by atoms with Gasteiger partial charge in [-0.1, -0.05) is 0 Å². The molecule has 0 aliphatic carbocycles. The SMILES string of the molecule is O=C(NCC1(O)CNC1)c1cc(F)ccc1O. The van der Waals surface area contributed by atoms with Crippen LogP contribution in [0.15, 0.2) is 18.2 Å². The van der Waals surface area contributed by atoms with Gasteiger partial charge in [-0.2, -0.15) is 0 Å². The van der Waals surface area contributed by atoms with Crippen molar-refractivity contribution in [2.24, 2.45) is 0 Å². The van der Waals surface area contributed by atoms with E-state index in [4.69, 9.17) is 0 Å². The molecule has 0 unspecified atom stereocenters. The molecule has 1 aromatic rings. The highest BCUT2D eigenvalue weighted by Crippen LogP contribution is 2.18. The molecule has 5 nitrogen and oxygen atoms in total. The van der Waals surface area contributed by atoms with E-state index >= 15 is 0 Å². The molecule has 0 aromatic heterocycles. The highest BCUT2D eigenvalue weighted by molar-refractivity contribution is 5.96. The molecule has 17 heavy (non-hydrogen) atoms. The van der Waals surface area contributed by atoms with E-state index in [1.165, 1.54) is 0 Å². The maximum atomic E-state index is 12.9. The summed E-state index contributed by atoms with van der Waals surface area (Å²) >= 11 is 0. The molecular weight excluding hydrogens is 227 g/mol. The second kappa shape index (κ2) is 4.31. The van der Waals surface area contributed by atoms with E-state index in [1.807, 2.05) is 0 Å². The van der Waals surface area contributed by atoms with Crippen molar-refractivity contribution in [2.75, 3.05) is 19.6 Å². The third kappa shape index (κ3) is 2.54. The number of carbonyl (C=O) groups is 1. The van der Waals surface area contributed by atoms with Gasteiger partial charge >= 0.3 is 0 Å². The van der Waals surface area contributed by atoms with Gasteiger partial charge in [-0.3, -0.25) is 4.79 Å². The Labute approximate surface area is 97.3 Å². The summed E-state index contributed by atoms with van der Waals surface area (Å²) in [5.41, 5.74) is -1.08. The molecule has 1 saturated heterocycles. The predicted molar refractivity (Wildman–Crippen MR) is 58.2 cm³/mol. The van der Waals surface area contributed by atoms with E-state index in [-0.39, 0.29) is 17.9 Å². The van der Waals surface area contributed by atoms with Crippen LogP contribution in [-0.4, -0.2) is 41.4 Å². The molecule has 0 saturated carbocycles. The topological polar surface area (TPSA) is 81.6 Å². The second-order valence-electron chi connectivity index (χ2n) is 4.17. The molecule has 0 radical (unpaired) electrons. The number of hydrogen-bond acceptors (Lipinski definition) is 4. The summed E-state index contributed by atoms with van der Waals surface area (Å²) in [4.78, 5) is 11.6. The lowest BCUT2D eigenvalue weighted by molar-refractivity contribution is -0.00762. The van der Waals surface area contributed by atoms with Crippen LogP contribution in [0.2, 0.25) is 0 Å². The molecule has 0 bridgehead atoms. The highest BCUT2D eigenvalue weighted by Gasteiger charge is 2.34. The number of amides is 1. The second-order valence-corrected chi connectivity index (χ2v) is 4.17. The van der Waals surface area contributed by atoms with Gasteiger partial charge in [-0.05, 0) is 18.2 Å². The Kier molecular flexibility index (Phi) is 2.99. The Hall–Kier alpha value is -1.66. The lowest BCUT2D eigenvalue weighted by Gasteiger charge is -2.37. The van der Waals surface area contributed by atoms with Crippen LogP contribution >= 0.6 is 0 Å². The number of rotatable bonds is 3. The fourth-order valence-corrected chi connectivity index (χ4v) is 1.57. The number of carbonyl (C=O) groups excluding carboxylic acids is 1. The average molecular weight is 240 g/mol. The van der Waals surface area contributed by atoms with E-state index < -0.39 is 17.3 Å². The fraction of sp³-hybridized carbons (Fsp3) is 0.364. The molecule has 1 heterocycles. The van der Waals surface area contributed by atoms with E-state index in [1.54, 1.807) is 0 Å². The third-order valence-electron chi connectivity index (χ3n) is 2.69. The number of aliphatic hydroxyl groups is 1. The molecule has 1 aliphatic rings. The number of phenols is 1. The summed E-state index contributed by atoms with van der Waals surface area (Å²) in [6, 6.07) is 3.13. The summed E-state index contributed by atoms with van der Waals surface area (Å²) in [6.07, 6.45) is 0. The predicted octanol–water partition coefficient (Wildman–Crippen LogP) is -0.405. The molecule has 6 heteroatoms.